The van der Waals surface area contributed by atoms with E-state index in [1.54, 1.807) is 0 Å². The fourth-order valence-electron chi connectivity index (χ4n) is 1.69. The lowest BCUT2D eigenvalue weighted by Gasteiger charge is -2.12. The van der Waals surface area contributed by atoms with Crippen molar-refractivity contribution in [3.8, 4) is 11.8 Å². The Morgan fingerprint density at radius 2 is 2.41 bits per heavy atom. The van der Waals surface area contributed by atoms with Crippen molar-refractivity contribution >= 4 is 15.9 Å². The molecule has 0 unspecified atom stereocenters. The highest BCUT2D eigenvalue weighted by Crippen LogP contribution is 2.28. The van der Waals surface area contributed by atoms with Crippen LogP contribution >= 0.6 is 15.9 Å². The third-order valence-electron chi connectivity index (χ3n) is 2.62. The average Bonchev–Trinajstić information content (AvgIpc) is 2.84. The first-order valence-electron chi connectivity index (χ1n) is 5.35. The van der Waals surface area contributed by atoms with Gasteiger partial charge in [-0.15, -0.1) is 0 Å². The summed E-state index contributed by atoms with van der Waals surface area (Å²) in [5.41, 5.74) is 0.256. The van der Waals surface area contributed by atoms with Crippen LogP contribution in [0.3, 0.4) is 0 Å². The van der Waals surface area contributed by atoms with Gasteiger partial charge in [0.15, 0.2) is 11.6 Å². The molecule has 0 amide bonds. The molecule has 0 radical (unpaired) electrons. The summed E-state index contributed by atoms with van der Waals surface area (Å²) in [6.45, 7) is 1.09. The maximum absolute atomic E-state index is 13.8. The highest BCUT2D eigenvalue weighted by molar-refractivity contribution is 9.10. The lowest BCUT2D eigenvalue weighted by molar-refractivity contribution is 0.0665. The number of nitrogens with zero attached hydrogens (tertiary/aromatic N) is 1. The predicted octanol–water partition coefficient (Wildman–Crippen LogP) is 3.02. The fourth-order valence-corrected chi connectivity index (χ4v) is 2.10. The van der Waals surface area contributed by atoms with Gasteiger partial charge in [0.2, 0.25) is 0 Å². The molecule has 1 aliphatic heterocycles. The number of halogens is 2. The third-order valence-corrected chi connectivity index (χ3v) is 3.39. The Morgan fingerprint density at radius 1 is 1.59 bits per heavy atom. The first-order valence-corrected chi connectivity index (χ1v) is 6.14. The molecular weight excluding hydrogens is 289 g/mol. The molecule has 0 aromatic heterocycles. The molecule has 1 aliphatic rings. The molecule has 90 valence electrons. The highest BCUT2D eigenvalue weighted by atomic mass is 79.9. The van der Waals surface area contributed by atoms with Crippen LogP contribution in [0.25, 0.3) is 0 Å². The molecule has 17 heavy (non-hydrogen) atoms. The van der Waals surface area contributed by atoms with Crippen LogP contribution < -0.4 is 4.74 Å². The quantitative estimate of drug-likeness (QED) is 0.861. The fraction of sp³-hybridized carbons (Fsp3) is 0.417. The number of hydrogen-bond acceptors (Lipinski definition) is 3. The summed E-state index contributed by atoms with van der Waals surface area (Å²) in [5, 5.41) is 8.73. The zero-order valence-electron chi connectivity index (χ0n) is 9.08. The topological polar surface area (TPSA) is 42.2 Å². The van der Waals surface area contributed by atoms with Crippen molar-refractivity contribution in [1.82, 2.24) is 0 Å². The van der Waals surface area contributed by atoms with Crippen molar-refractivity contribution in [2.75, 3.05) is 13.2 Å². The van der Waals surface area contributed by atoms with E-state index < -0.39 is 5.82 Å². The number of ether oxygens (including phenoxy) is 2. The SMILES string of the molecule is N#Cc1ccc(OC[C@@H]2CCCO2)c(F)c1Br. The van der Waals surface area contributed by atoms with E-state index >= 15 is 0 Å². The van der Waals surface area contributed by atoms with Crippen LogP contribution in [0.2, 0.25) is 0 Å². The lowest BCUT2D eigenvalue weighted by atomic mass is 10.2. The van der Waals surface area contributed by atoms with Crippen LogP contribution in [0.15, 0.2) is 16.6 Å². The second-order valence-electron chi connectivity index (χ2n) is 3.80. The summed E-state index contributed by atoms with van der Waals surface area (Å²) < 4.78 is 24.6. The van der Waals surface area contributed by atoms with Crippen LogP contribution in [0.5, 0.6) is 5.75 Å². The number of nitriles is 1. The Labute approximate surface area is 107 Å². The Hall–Kier alpha value is -1.12. The summed E-state index contributed by atoms with van der Waals surface area (Å²) in [5.74, 6) is -0.395. The number of rotatable bonds is 3. The Kier molecular flexibility index (Phi) is 3.97. The van der Waals surface area contributed by atoms with Crippen molar-refractivity contribution in [3.05, 3.63) is 28.0 Å². The van der Waals surface area contributed by atoms with Crippen molar-refractivity contribution in [2.24, 2.45) is 0 Å². The van der Waals surface area contributed by atoms with Gasteiger partial charge in [0, 0.05) is 6.61 Å². The maximum atomic E-state index is 13.8. The van der Waals surface area contributed by atoms with Crippen molar-refractivity contribution < 1.29 is 13.9 Å². The molecule has 0 saturated carbocycles. The van der Waals surface area contributed by atoms with Crippen LogP contribution in [0, 0.1) is 17.1 Å². The second-order valence-corrected chi connectivity index (χ2v) is 4.59. The van der Waals surface area contributed by atoms with E-state index in [1.165, 1.54) is 12.1 Å². The molecule has 1 atom stereocenters. The normalized spacial score (nSPS) is 19.0. The van der Waals surface area contributed by atoms with E-state index in [2.05, 4.69) is 15.9 Å². The molecule has 3 nitrogen and oxygen atoms in total. The second kappa shape index (κ2) is 5.48. The predicted molar refractivity (Wildman–Crippen MR) is 63.3 cm³/mol. The Balaban J connectivity index is 2.06. The van der Waals surface area contributed by atoms with Crippen molar-refractivity contribution in [3.63, 3.8) is 0 Å². The summed E-state index contributed by atoms with van der Waals surface area (Å²) in [4.78, 5) is 0. The molecule has 1 heterocycles. The monoisotopic (exact) mass is 299 g/mol. The van der Waals surface area contributed by atoms with Crippen LogP contribution in [0.4, 0.5) is 4.39 Å². The molecular formula is C12H11BrFNO2. The smallest absolute Gasteiger partial charge is 0.180 e. The van der Waals surface area contributed by atoms with Crippen LogP contribution in [-0.2, 0) is 4.74 Å². The molecule has 0 aliphatic carbocycles. The molecule has 1 fully saturated rings. The van der Waals surface area contributed by atoms with Crippen molar-refractivity contribution in [2.45, 2.75) is 18.9 Å². The number of hydrogen-bond donors (Lipinski definition) is 0. The molecule has 2 rings (SSSR count). The summed E-state index contributed by atoms with van der Waals surface area (Å²) in [6.07, 6.45) is 2.01. The van der Waals surface area contributed by atoms with Gasteiger partial charge in [0.05, 0.1) is 16.1 Å². The van der Waals surface area contributed by atoms with E-state index in [1.807, 2.05) is 6.07 Å². The molecule has 1 saturated heterocycles. The van der Waals surface area contributed by atoms with Gasteiger partial charge >= 0.3 is 0 Å². The summed E-state index contributed by atoms with van der Waals surface area (Å²) in [6, 6.07) is 4.89. The van der Waals surface area contributed by atoms with Gasteiger partial charge in [-0.05, 0) is 40.9 Å². The van der Waals surface area contributed by atoms with Crippen LogP contribution in [0.1, 0.15) is 18.4 Å². The van der Waals surface area contributed by atoms with E-state index in [0.717, 1.165) is 19.4 Å². The Morgan fingerprint density at radius 3 is 3.06 bits per heavy atom. The summed E-state index contributed by atoms with van der Waals surface area (Å²) in [7, 11) is 0. The van der Waals surface area contributed by atoms with E-state index in [9.17, 15) is 4.39 Å². The summed E-state index contributed by atoms with van der Waals surface area (Å²) >= 11 is 3.04. The van der Waals surface area contributed by atoms with Gasteiger partial charge in [-0.1, -0.05) is 0 Å². The lowest BCUT2D eigenvalue weighted by Crippen LogP contribution is -2.16. The third kappa shape index (κ3) is 2.76. The highest BCUT2D eigenvalue weighted by Gasteiger charge is 2.18. The zero-order valence-corrected chi connectivity index (χ0v) is 10.7. The molecule has 1 aromatic rings. The Bertz CT molecular complexity index is 453. The van der Waals surface area contributed by atoms with Crippen LogP contribution in [-0.4, -0.2) is 19.3 Å². The molecule has 5 heteroatoms. The minimum absolute atomic E-state index is 0.0452. The standard InChI is InChI=1S/C12H11BrFNO2/c13-11-8(6-15)3-4-10(12(11)14)17-7-9-2-1-5-16-9/h3-4,9H,1-2,5,7H2/t9-/m0/s1. The first kappa shape index (κ1) is 12.3. The van der Waals surface area contributed by atoms with Gasteiger partial charge in [-0.25, -0.2) is 4.39 Å². The molecule has 0 bridgehead atoms. The van der Waals surface area contributed by atoms with Gasteiger partial charge in [-0.3, -0.25) is 0 Å². The molecule has 1 aromatic carbocycles. The maximum Gasteiger partial charge on any atom is 0.180 e. The minimum atomic E-state index is -0.540. The zero-order chi connectivity index (χ0) is 12.3. The van der Waals surface area contributed by atoms with Gasteiger partial charge in [-0.2, -0.15) is 5.26 Å². The molecule has 0 spiro atoms. The average molecular weight is 300 g/mol. The van der Waals surface area contributed by atoms with Gasteiger partial charge < -0.3 is 9.47 Å². The van der Waals surface area contributed by atoms with Gasteiger partial charge in [0.1, 0.15) is 12.7 Å². The van der Waals surface area contributed by atoms with E-state index in [0.29, 0.717) is 6.61 Å². The number of benzene rings is 1. The van der Waals surface area contributed by atoms with E-state index in [4.69, 9.17) is 14.7 Å². The first-order chi connectivity index (χ1) is 8.22. The van der Waals surface area contributed by atoms with Crippen molar-refractivity contribution in [1.29, 1.82) is 5.26 Å². The van der Waals surface area contributed by atoms with E-state index in [-0.39, 0.29) is 21.9 Å². The largest absolute Gasteiger partial charge is 0.488 e. The minimum Gasteiger partial charge on any atom is -0.488 e. The molecule has 0 N–H and O–H groups in total. The van der Waals surface area contributed by atoms with Gasteiger partial charge in [0.25, 0.3) is 0 Å².